The first-order valence-corrected chi connectivity index (χ1v) is 5.43. The van der Waals surface area contributed by atoms with Crippen molar-refractivity contribution in [3.63, 3.8) is 0 Å². The van der Waals surface area contributed by atoms with Gasteiger partial charge in [-0.3, -0.25) is 0 Å². The van der Waals surface area contributed by atoms with E-state index in [0.29, 0.717) is 6.42 Å². The minimum Gasteiger partial charge on any atom is -0.396 e. The molecule has 14 heavy (non-hydrogen) atoms. The molecule has 0 radical (unpaired) electrons. The normalized spacial score (nSPS) is 14.2. The van der Waals surface area contributed by atoms with Gasteiger partial charge >= 0.3 is 0 Å². The van der Waals surface area contributed by atoms with E-state index in [1.54, 1.807) is 6.08 Å². The topological polar surface area (TPSA) is 40.5 Å². The van der Waals surface area contributed by atoms with Crippen molar-refractivity contribution in [3.05, 3.63) is 24.3 Å². The van der Waals surface area contributed by atoms with Gasteiger partial charge in [0.25, 0.3) is 0 Å². The first kappa shape index (κ1) is 13.4. The highest BCUT2D eigenvalue weighted by Gasteiger charge is 1.96. The highest BCUT2D eigenvalue weighted by Crippen LogP contribution is 2.04. The molecule has 2 heteroatoms. The molecule has 0 fully saturated rings. The van der Waals surface area contributed by atoms with Crippen molar-refractivity contribution in [2.45, 2.75) is 45.1 Å². The smallest absolute Gasteiger partial charge is 0.0723 e. The lowest BCUT2D eigenvalue weighted by Gasteiger charge is -2.02. The summed E-state index contributed by atoms with van der Waals surface area (Å²) in [5.74, 6) is 0. The first-order valence-electron chi connectivity index (χ1n) is 5.43. The van der Waals surface area contributed by atoms with Gasteiger partial charge in [0.1, 0.15) is 0 Å². The van der Waals surface area contributed by atoms with Crippen LogP contribution in [0.4, 0.5) is 0 Å². The Hall–Kier alpha value is -0.600. The summed E-state index contributed by atoms with van der Waals surface area (Å²) >= 11 is 0. The van der Waals surface area contributed by atoms with E-state index < -0.39 is 0 Å². The Balaban J connectivity index is 3.44. The highest BCUT2D eigenvalue weighted by atomic mass is 16.3. The van der Waals surface area contributed by atoms with Crippen LogP contribution < -0.4 is 0 Å². The molecular weight excluding hydrogens is 176 g/mol. The second kappa shape index (κ2) is 10.5. The molecule has 0 heterocycles. The van der Waals surface area contributed by atoms with Gasteiger partial charge in [-0.2, -0.15) is 0 Å². The van der Waals surface area contributed by atoms with Crippen molar-refractivity contribution in [2.24, 2.45) is 0 Å². The van der Waals surface area contributed by atoms with E-state index in [4.69, 9.17) is 5.11 Å². The summed E-state index contributed by atoms with van der Waals surface area (Å²) in [6.45, 7) is 2.34. The average Bonchev–Trinajstić information content (AvgIpc) is 2.18. The molecule has 0 rings (SSSR count). The van der Waals surface area contributed by atoms with Gasteiger partial charge in [-0.15, -0.1) is 0 Å². The summed E-state index contributed by atoms with van der Waals surface area (Å²) in [5, 5.41) is 18.0. The molecule has 2 N–H and O–H groups in total. The largest absolute Gasteiger partial charge is 0.396 e. The predicted octanol–water partition coefficient (Wildman–Crippen LogP) is 2.42. The zero-order chi connectivity index (χ0) is 10.6. The Morgan fingerprint density at radius 2 is 2.00 bits per heavy atom. The molecule has 0 aromatic rings. The molecule has 0 aromatic heterocycles. The number of allylic oxidation sites excluding steroid dienone is 2. The van der Waals surface area contributed by atoms with E-state index >= 15 is 0 Å². The van der Waals surface area contributed by atoms with Crippen molar-refractivity contribution < 1.29 is 10.2 Å². The molecule has 0 saturated heterocycles. The zero-order valence-electron chi connectivity index (χ0n) is 9.02. The fraction of sp³-hybridized carbons (Fsp3) is 0.667. The average molecular weight is 198 g/mol. The van der Waals surface area contributed by atoms with Crippen LogP contribution in [0.1, 0.15) is 39.0 Å². The Morgan fingerprint density at radius 3 is 2.64 bits per heavy atom. The number of aliphatic hydroxyl groups excluding tert-OH is 2. The maximum atomic E-state index is 9.46. The number of aliphatic hydroxyl groups is 2. The standard InChI is InChI=1S/C12H22O2/c1-2-3-6-9-12(14)10-7-4-5-8-11-13/h4-5,7,10,12-14H,2-3,6,8-9,11H2,1H3/b5-4-,10-7+. The van der Waals surface area contributed by atoms with Gasteiger partial charge in [0, 0.05) is 6.61 Å². The summed E-state index contributed by atoms with van der Waals surface area (Å²) in [7, 11) is 0. The van der Waals surface area contributed by atoms with Crippen LogP contribution in [0.2, 0.25) is 0 Å². The molecule has 0 aliphatic rings. The predicted molar refractivity (Wildman–Crippen MR) is 60.1 cm³/mol. The number of hydrogen-bond acceptors (Lipinski definition) is 2. The van der Waals surface area contributed by atoms with Crippen LogP contribution in [0.25, 0.3) is 0 Å². The molecule has 0 bridgehead atoms. The van der Waals surface area contributed by atoms with Crippen LogP contribution in [0.3, 0.4) is 0 Å². The van der Waals surface area contributed by atoms with Crippen molar-refractivity contribution >= 4 is 0 Å². The minimum absolute atomic E-state index is 0.184. The van der Waals surface area contributed by atoms with Gasteiger partial charge in [-0.05, 0) is 12.8 Å². The van der Waals surface area contributed by atoms with E-state index in [1.807, 2.05) is 18.2 Å². The SMILES string of the molecule is CCCCCC(O)/C=C/C=C\CCO. The van der Waals surface area contributed by atoms with Crippen molar-refractivity contribution in [2.75, 3.05) is 6.61 Å². The van der Waals surface area contributed by atoms with E-state index in [0.717, 1.165) is 12.8 Å². The fourth-order valence-corrected chi connectivity index (χ4v) is 1.14. The summed E-state index contributed by atoms with van der Waals surface area (Å²) in [5.41, 5.74) is 0. The first-order chi connectivity index (χ1) is 6.81. The molecule has 0 amide bonds. The van der Waals surface area contributed by atoms with E-state index in [2.05, 4.69) is 6.92 Å². The molecule has 0 aromatic carbocycles. The van der Waals surface area contributed by atoms with E-state index in [1.165, 1.54) is 12.8 Å². The summed E-state index contributed by atoms with van der Waals surface area (Å²) < 4.78 is 0. The quantitative estimate of drug-likeness (QED) is 0.464. The molecule has 0 spiro atoms. The van der Waals surface area contributed by atoms with E-state index in [9.17, 15) is 5.11 Å². The van der Waals surface area contributed by atoms with Crippen LogP contribution in [-0.2, 0) is 0 Å². The third kappa shape index (κ3) is 9.49. The van der Waals surface area contributed by atoms with Crippen molar-refractivity contribution in [1.82, 2.24) is 0 Å². The number of rotatable bonds is 8. The van der Waals surface area contributed by atoms with Crippen LogP contribution in [-0.4, -0.2) is 22.9 Å². The van der Waals surface area contributed by atoms with Gasteiger partial charge in [-0.25, -0.2) is 0 Å². The third-order valence-electron chi connectivity index (χ3n) is 1.98. The van der Waals surface area contributed by atoms with Crippen molar-refractivity contribution in [3.8, 4) is 0 Å². The van der Waals surface area contributed by atoms with Crippen molar-refractivity contribution in [1.29, 1.82) is 0 Å². The Bertz CT molecular complexity index is 162. The lowest BCUT2D eigenvalue weighted by Crippen LogP contribution is -2.00. The second-order valence-corrected chi connectivity index (χ2v) is 3.39. The Morgan fingerprint density at radius 1 is 1.21 bits per heavy atom. The molecule has 0 aliphatic carbocycles. The Labute approximate surface area is 87.0 Å². The maximum absolute atomic E-state index is 9.46. The van der Waals surface area contributed by atoms with E-state index in [-0.39, 0.29) is 12.7 Å². The minimum atomic E-state index is -0.319. The lowest BCUT2D eigenvalue weighted by molar-refractivity contribution is 0.208. The highest BCUT2D eigenvalue weighted by molar-refractivity contribution is 5.04. The van der Waals surface area contributed by atoms with Crippen LogP contribution in [0, 0.1) is 0 Å². The molecule has 82 valence electrons. The number of hydrogen-bond donors (Lipinski definition) is 2. The molecule has 2 nitrogen and oxygen atoms in total. The van der Waals surface area contributed by atoms with Gasteiger partial charge in [0.2, 0.25) is 0 Å². The van der Waals surface area contributed by atoms with Crippen LogP contribution >= 0.6 is 0 Å². The molecule has 0 saturated carbocycles. The number of unbranched alkanes of at least 4 members (excludes halogenated alkanes) is 2. The zero-order valence-corrected chi connectivity index (χ0v) is 9.02. The lowest BCUT2D eigenvalue weighted by atomic mass is 10.1. The molecular formula is C12H22O2. The summed E-state index contributed by atoms with van der Waals surface area (Å²) in [4.78, 5) is 0. The maximum Gasteiger partial charge on any atom is 0.0723 e. The van der Waals surface area contributed by atoms with Gasteiger partial charge < -0.3 is 10.2 Å². The van der Waals surface area contributed by atoms with Gasteiger partial charge in [0.15, 0.2) is 0 Å². The molecule has 0 aliphatic heterocycles. The monoisotopic (exact) mass is 198 g/mol. The summed E-state index contributed by atoms with van der Waals surface area (Å²) in [6.07, 6.45) is 12.0. The second-order valence-electron chi connectivity index (χ2n) is 3.39. The van der Waals surface area contributed by atoms with Crippen LogP contribution in [0.15, 0.2) is 24.3 Å². The fourth-order valence-electron chi connectivity index (χ4n) is 1.14. The van der Waals surface area contributed by atoms with Crippen LogP contribution in [0.5, 0.6) is 0 Å². The molecule has 1 atom stereocenters. The van der Waals surface area contributed by atoms with Gasteiger partial charge in [0.05, 0.1) is 6.10 Å². The Kier molecular flexibility index (Phi) is 10.0. The summed E-state index contributed by atoms with van der Waals surface area (Å²) in [6, 6.07) is 0. The van der Waals surface area contributed by atoms with Gasteiger partial charge in [-0.1, -0.05) is 50.5 Å². The third-order valence-corrected chi connectivity index (χ3v) is 1.98. The molecule has 1 unspecified atom stereocenters.